The van der Waals surface area contributed by atoms with Gasteiger partial charge in [-0.3, -0.25) is 14.9 Å². The quantitative estimate of drug-likeness (QED) is 0.416. The van der Waals surface area contributed by atoms with Gasteiger partial charge in [0.2, 0.25) is 0 Å². The minimum absolute atomic E-state index is 0.139. The zero-order valence-electron chi connectivity index (χ0n) is 14.6. The molecule has 0 fully saturated rings. The Bertz CT molecular complexity index is 997. The van der Waals surface area contributed by atoms with Gasteiger partial charge in [-0.1, -0.05) is 60.7 Å². The number of amides is 1. The van der Waals surface area contributed by atoms with E-state index < -0.39 is 10.8 Å². The summed E-state index contributed by atoms with van der Waals surface area (Å²) in [7, 11) is 0. The van der Waals surface area contributed by atoms with Gasteiger partial charge in [0.25, 0.3) is 11.6 Å². The third-order valence-corrected chi connectivity index (χ3v) is 4.05. The number of hydrazone groups is 1. The molecule has 0 spiro atoms. The number of nitrogens with zero attached hydrogens (tertiary/aromatic N) is 2. The molecule has 0 unspecified atom stereocenters. The van der Waals surface area contributed by atoms with Crippen LogP contribution in [0, 0.1) is 10.1 Å². The fraction of sp³-hybridized carbons (Fsp3) is 0.0476. The van der Waals surface area contributed by atoms with Crippen LogP contribution in [-0.4, -0.2) is 16.5 Å². The van der Waals surface area contributed by atoms with Crippen LogP contribution in [0.25, 0.3) is 11.1 Å². The molecule has 6 nitrogen and oxygen atoms in total. The summed E-state index contributed by atoms with van der Waals surface area (Å²) in [5, 5.41) is 14.9. The van der Waals surface area contributed by atoms with E-state index in [1.54, 1.807) is 6.92 Å². The fourth-order valence-electron chi connectivity index (χ4n) is 2.56. The minimum Gasteiger partial charge on any atom is -0.267 e. The first kappa shape index (κ1) is 18.0. The van der Waals surface area contributed by atoms with Crippen molar-refractivity contribution in [3.05, 3.63) is 100 Å². The van der Waals surface area contributed by atoms with Gasteiger partial charge in [-0.15, -0.1) is 0 Å². The second kappa shape index (κ2) is 8.05. The largest absolute Gasteiger partial charge is 0.271 e. The lowest BCUT2D eigenvalue weighted by Gasteiger charge is -2.05. The van der Waals surface area contributed by atoms with Gasteiger partial charge in [0.05, 0.1) is 10.6 Å². The van der Waals surface area contributed by atoms with Crippen LogP contribution in [0.2, 0.25) is 0 Å². The van der Waals surface area contributed by atoms with Gasteiger partial charge >= 0.3 is 0 Å². The summed E-state index contributed by atoms with van der Waals surface area (Å²) in [6.45, 7) is 1.78. The Labute approximate surface area is 156 Å². The topological polar surface area (TPSA) is 84.6 Å². The summed E-state index contributed by atoms with van der Waals surface area (Å²) < 4.78 is 0. The van der Waals surface area contributed by atoms with Crippen molar-refractivity contribution in [3.63, 3.8) is 0 Å². The van der Waals surface area contributed by atoms with Gasteiger partial charge in [-0.2, -0.15) is 5.10 Å². The van der Waals surface area contributed by atoms with E-state index in [-0.39, 0.29) is 11.3 Å². The predicted octanol–water partition coefficient (Wildman–Crippen LogP) is 4.42. The highest BCUT2D eigenvalue weighted by molar-refractivity contribution is 6.01. The molecule has 0 radical (unpaired) electrons. The van der Waals surface area contributed by atoms with E-state index in [0.717, 1.165) is 16.7 Å². The van der Waals surface area contributed by atoms with Crippen LogP contribution < -0.4 is 5.43 Å². The summed E-state index contributed by atoms with van der Waals surface area (Å²) in [6, 6.07) is 23.4. The van der Waals surface area contributed by atoms with Gasteiger partial charge in [-0.25, -0.2) is 5.43 Å². The van der Waals surface area contributed by atoms with E-state index in [9.17, 15) is 14.9 Å². The number of carbonyl (C=O) groups is 1. The summed E-state index contributed by atoms with van der Waals surface area (Å²) in [6.07, 6.45) is 0. The lowest BCUT2D eigenvalue weighted by molar-refractivity contribution is -0.384. The fourth-order valence-corrected chi connectivity index (χ4v) is 2.56. The second-order valence-corrected chi connectivity index (χ2v) is 5.89. The summed E-state index contributed by atoms with van der Waals surface area (Å²) >= 11 is 0. The first-order chi connectivity index (χ1) is 13.0. The van der Waals surface area contributed by atoms with Crippen LogP contribution >= 0.6 is 0 Å². The first-order valence-corrected chi connectivity index (χ1v) is 8.29. The van der Waals surface area contributed by atoms with Gasteiger partial charge < -0.3 is 0 Å². The normalized spacial score (nSPS) is 11.1. The molecule has 0 heterocycles. The highest BCUT2D eigenvalue weighted by atomic mass is 16.6. The molecule has 0 saturated heterocycles. The van der Waals surface area contributed by atoms with Crippen LogP contribution in [-0.2, 0) is 0 Å². The Morgan fingerprint density at radius 2 is 1.56 bits per heavy atom. The smallest absolute Gasteiger partial charge is 0.267 e. The number of non-ortho nitro benzene ring substituents is 1. The zero-order chi connectivity index (χ0) is 19.2. The standard InChI is InChI=1S/C21H17N3O3/c1-15(16-10-12-18(13-11-16)17-6-3-2-4-7-17)22-23-21(25)19-8-5-9-20(14-19)24(26)27/h2-14H,1H3,(H,23,25)/b22-15-. The molecule has 0 aliphatic carbocycles. The van der Waals surface area contributed by atoms with Crippen LogP contribution in [0.3, 0.4) is 0 Å². The Morgan fingerprint density at radius 3 is 2.22 bits per heavy atom. The number of carbonyl (C=O) groups excluding carboxylic acids is 1. The molecule has 0 atom stereocenters. The Balaban J connectivity index is 1.71. The lowest BCUT2D eigenvalue weighted by atomic mass is 10.0. The van der Waals surface area contributed by atoms with Crippen LogP contribution in [0.15, 0.2) is 84.0 Å². The predicted molar refractivity (Wildman–Crippen MR) is 105 cm³/mol. The molecule has 3 rings (SSSR count). The molecular weight excluding hydrogens is 342 g/mol. The van der Waals surface area contributed by atoms with E-state index in [0.29, 0.717) is 5.71 Å². The molecule has 6 heteroatoms. The van der Waals surface area contributed by atoms with Crippen molar-refractivity contribution in [3.8, 4) is 11.1 Å². The molecule has 1 N–H and O–H groups in total. The maximum atomic E-state index is 12.2. The molecular formula is C21H17N3O3. The van der Waals surface area contributed by atoms with E-state index in [4.69, 9.17) is 0 Å². The van der Waals surface area contributed by atoms with Gasteiger partial charge in [-0.05, 0) is 29.7 Å². The number of nitro benzene ring substituents is 1. The van der Waals surface area contributed by atoms with Crippen LogP contribution in [0.4, 0.5) is 5.69 Å². The molecule has 0 aromatic heterocycles. The highest BCUT2D eigenvalue weighted by Gasteiger charge is 2.11. The van der Waals surface area contributed by atoms with Crippen LogP contribution in [0.5, 0.6) is 0 Å². The van der Waals surface area contributed by atoms with Crippen LogP contribution in [0.1, 0.15) is 22.8 Å². The number of hydrogen-bond donors (Lipinski definition) is 1. The summed E-state index contributed by atoms with van der Waals surface area (Å²) in [4.78, 5) is 22.4. The number of nitro groups is 1. The molecule has 3 aromatic carbocycles. The average Bonchev–Trinajstić information content (AvgIpc) is 2.72. The van der Waals surface area contributed by atoms with Crippen molar-refractivity contribution in [2.45, 2.75) is 6.92 Å². The second-order valence-electron chi connectivity index (χ2n) is 5.89. The molecule has 134 valence electrons. The highest BCUT2D eigenvalue weighted by Crippen LogP contribution is 2.19. The van der Waals surface area contributed by atoms with Crippen molar-refractivity contribution in [2.75, 3.05) is 0 Å². The van der Waals surface area contributed by atoms with Crippen molar-refractivity contribution >= 4 is 17.3 Å². The Kier molecular flexibility index (Phi) is 5.37. The number of rotatable bonds is 5. The average molecular weight is 359 g/mol. The third-order valence-electron chi connectivity index (χ3n) is 4.05. The van der Waals surface area contributed by atoms with Crippen molar-refractivity contribution in [1.29, 1.82) is 0 Å². The van der Waals surface area contributed by atoms with Crippen molar-refractivity contribution in [1.82, 2.24) is 5.43 Å². The summed E-state index contributed by atoms with van der Waals surface area (Å²) in [5.74, 6) is -0.501. The molecule has 0 bridgehead atoms. The minimum atomic E-state index is -0.542. The molecule has 3 aromatic rings. The zero-order valence-corrected chi connectivity index (χ0v) is 14.6. The molecule has 1 amide bonds. The molecule has 27 heavy (non-hydrogen) atoms. The number of hydrogen-bond acceptors (Lipinski definition) is 4. The number of nitrogens with one attached hydrogen (secondary N) is 1. The molecule has 0 aliphatic heterocycles. The lowest BCUT2D eigenvalue weighted by Crippen LogP contribution is -2.19. The SMILES string of the molecule is C/C(=N/NC(=O)c1cccc([N+](=O)[O-])c1)c1ccc(-c2ccccc2)cc1. The Morgan fingerprint density at radius 1 is 0.889 bits per heavy atom. The van der Waals surface area contributed by atoms with Gasteiger partial charge in [0.1, 0.15) is 0 Å². The number of benzene rings is 3. The Hall–Kier alpha value is -3.80. The van der Waals surface area contributed by atoms with Crippen molar-refractivity contribution < 1.29 is 9.72 Å². The first-order valence-electron chi connectivity index (χ1n) is 8.29. The third kappa shape index (κ3) is 4.43. The van der Waals surface area contributed by atoms with E-state index >= 15 is 0 Å². The summed E-state index contributed by atoms with van der Waals surface area (Å²) in [5.41, 5.74) is 6.19. The van der Waals surface area contributed by atoms with E-state index in [2.05, 4.69) is 10.5 Å². The maximum absolute atomic E-state index is 12.2. The van der Waals surface area contributed by atoms with E-state index in [1.807, 2.05) is 54.6 Å². The maximum Gasteiger partial charge on any atom is 0.271 e. The van der Waals surface area contributed by atoms with Crippen molar-refractivity contribution in [2.24, 2.45) is 5.10 Å². The molecule has 0 aliphatic rings. The van der Waals surface area contributed by atoms with Gasteiger partial charge in [0, 0.05) is 17.7 Å². The monoisotopic (exact) mass is 359 g/mol. The van der Waals surface area contributed by atoms with E-state index in [1.165, 1.54) is 24.3 Å². The molecule has 0 saturated carbocycles. The van der Waals surface area contributed by atoms with Gasteiger partial charge in [0.15, 0.2) is 0 Å².